The van der Waals surface area contributed by atoms with Crippen molar-refractivity contribution in [2.45, 2.75) is 25.4 Å². The Labute approximate surface area is 132 Å². The van der Waals surface area contributed by atoms with E-state index >= 15 is 0 Å². The fourth-order valence-electron chi connectivity index (χ4n) is 2.31. The van der Waals surface area contributed by atoms with Crippen molar-refractivity contribution in [1.29, 1.82) is 0 Å². The van der Waals surface area contributed by atoms with Crippen LogP contribution >= 0.6 is 23.2 Å². The molecule has 1 aromatic rings. The maximum Gasteiger partial charge on any atom is 0.230 e. The molecule has 0 unspecified atom stereocenters. The highest BCUT2D eigenvalue weighted by atomic mass is 35.5. The van der Waals surface area contributed by atoms with E-state index in [1.54, 1.807) is 12.1 Å². The van der Waals surface area contributed by atoms with E-state index in [9.17, 15) is 14.7 Å². The summed E-state index contributed by atoms with van der Waals surface area (Å²) >= 11 is 11.8. The fourth-order valence-corrected chi connectivity index (χ4v) is 2.65. The number of carbonyl (C=O) groups is 2. The van der Waals surface area contributed by atoms with Crippen LogP contribution < -0.4 is 10.4 Å². The molecule has 21 heavy (non-hydrogen) atoms. The molecule has 1 heterocycles. The molecular weight excluding hydrogens is 317 g/mol. The lowest BCUT2D eigenvalue weighted by Gasteiger charge is -2.23. The normalized spacial score (nSPS) is 19.2. The molecule has 1 fully saturated rings. The number of benzene rings is 1. The molecule has 1 amide bonds. The maximum absolute atomic E-state index is 12.3. The van der Waals surface area contributed by atoms with Gasteiger partial charge in [-0.1, -0.05) is 23.2 Å². The van der Waals surface area contributed by atoms with Crippen molar-refractivity contribution in [3.05, 3.63) is 28.2 Å². The topological polar surface area (TPSA) is 78.5 Å². The van der Waals surface area contributed by atoms with Crippen LogP contribution in [0.2, 0.25) is 10.0 Å². The number of hydrogen-bond donors (Lipinski definition) is 1. The van der Waals surface area contributed by atoms with Gasteiger partial charge in [-0.2, -0.15) is 0 Å². The molecule has 114 valence electrons. The van der Waals surface area contributed by atoms with E-state index in [2.05, 4.69) is 5.32 Å². The first-order chi connectivity index (χ1) is 9.97. The number of nitrogens with one attached hydrogen (secondary N) is 1. The molecule has 2 atom stereocenters. The Hall–Kier alpha value is -1.30. The zero-order chi connectivity index (χ0) is 15.4. The Balaban J connectivity index is 2.13. The summed E-state index contributed by atoms with van der Waals surface area (Å²) in [5.41, 5.74) is 0.343. The third-order valence-corrected chi connectivity index (χ3v) is 3.89. The van der Waals surface area contributed by atoms with Crippen LogP contribution in [0.5, 0.6) is 0 Å². The summed E-state index contributed by atoms with van der Waals surface area (Å²) in [5, 5.41) is 14.2. The quantitative estimate of drug-likeness (QED) is 0.893. The highest BCUT2D eigenvalue weighted by molar-refractivity contribution is 6.35. The number of carboxylic acids is 1. The Morgan fingerprint density at radius 2 is 2.19 bits per heavy atom. The minimum atomic E-state index is -1.29. The second-order valence-electron chi connectivity index (χ2n) is 4.85. The van der Waals surface area contributed by atoms with Gasteiger partial charge in [-0.3, -0.25) is 4.79 Å². The summed E-state index contributed by atoms with van der Waals surface area (Å²) in [6.07, 6.45) is 0.642. The zero-order valence-corrected chi connectivity index (χ0v) is 12.6. The lowest BCUT2D eigenvalue weighted by molar-refractivity contribution is -0.307. The minimum Gasteiger partial charge on any atom is -0.550 e. The molecule has 1 saturated heterocycles. The Morgan fingerprint density at radius 3 is 2.81 bits per heavy atom. The highest BCUT2D eigenvalue weighted by Crippen LogP contribution is 2.28. The molecule has 0 aliphatic carbocycles. The average Bonchev–Trinajstić information content (AvgIpc) is 2.93. The maximum atomic E-state index is 12.3. The first kappa shape index (κ1) is 16.1. The van der Waals surface area contributed by atoms with Crippen LogP contribution in [0.4, 0.5) is 5.69 Å². The highest BCUT2D eigenvalue weighted by Gasteiger charge is 2.32. The predicted molar refractivity (Wildman–Crippen MR) is 77.2 cm³/mol. The molecule has 7 heteroatoms. The number of aliphatic carboxylic acids is 1. The van der Waals surface area contributed by atoms with Gasteiger partial charge in [-0.15, -0.1) is 0 Å². The van der Waals surface area contributed by atoms with E-state index < -0.39 is 30.3 Å². The van der Waals surface area contributed by atoms with Gasteiger partial charge in [0.15, 0.2) is 0 Å². The standard InChI is InChI=1S/C14H15Cl2NO4/c15-8-3-4-10(16)11(6-8)17-14(20)9(7-13(18)19)12-2-1-5-21-12/h3-4,6,9,12H,1-2,5,7H2,(H,17,20)(H,18,19)/p-1/t9-,12+/m0/s1. The molecule has 0 spiro atoms. The monoisotopic (exact) mass is 330 g/mol. The van der Waals surface area contributed by atoms with Crippen molar-refractivity contribution in [1.82, 2.24) is 0 Å². The van der Waals surface area contributed by atoms with Gasteiger partial charge in [0.2, 0.25) is 5.91 Å². The van der Waals surface area contributed by atoms with E-state index in [1.807, 2.05) is 0 Å². The van der Waals surface area contributed by atoms with Crippen molar-refractivity contribution in [2.24, 2.45) is 5.92 Å². The summed E-state index contributed by atoms with van der Waals surface area (Å²) in [4.78, 5) is 23.2. The number of halogens is 2. The third-order valence-electron chi connectivity index (χ3n) is 3.32. The molecule has 1 N–H and O–H groups in total. The molecule has 0 radical (unpaired) electrons. The van der Waals surface area contributed by atoms with E-state index in [0.717, 1.165) is 6.42 Å². The van der Waals surface area contributed by atoms with Crippen LogP contribution in [0.1, 0.15) is 19.3 Å². The van der Waals surface area contributed by atoms with Gasteiger partial charge in [0, 0.05) is 24.0 Å². The number of ether oxygens (including phenoxy) is 1. The number of hydrogen-bond acceptors (Lipinski definition) is 4. The smallest absolute Gasteiger partial charge is 0.230 e. The van der Waals surface area contributed by atoms with Gasteiger partial charge in [-0.25, -0.2) is 0 Å². The fraction of sp³-hybridized carbons (Fsp3) is 0.429. The van der Waals surface area contributed by atoms with Crippen molar-refractivity contribution >= 4 is 40.8 Å². The van der Waals surface area contributed by atoms with Crippen LogP contribution in [0.3, 0.4) is 0 Å². The predicted octanol–water partition coefficient (Wildman–Crippen LogP) is 1.87. The van der Waals surface area contributed by atoms with Crippen LogP contribution in [0, 0.1) is 5.92 Å². The van der Waals surface area contributed by atoms with Crippen molar-refractivity contribution in [3.63, 3.8) is 0 Å². The minimum absolute atomic E-state index is 0.326. The third kappa shape index (κ3) is 4.33. The molecule has 0 bridgehead atoms. The lowest BCUT2D eigenvalue weighted by atomic mass is 9.95. The van der Waals surface area contributed by atoms with Gasteiger partial charge in [-0.05, 0) is 31.0 Å². The van der Waals surface area contributed by atoms with Crippen LogP contribution in [-0.2, 0) is 14.3 Å². The first-order valence-electron chi connectivity index (χ1n) is 6.54. The molecule has 0 saturated carbocycles. The molecule has 2 rings (SSSR count). The summed E-state index contributed by atoms with van der Waals surface area (Å²) in [6, 6.07) is 4.66. The summed E-state index contributed by atoms with van der Waals surface area (Å²) in [7, 11) is 0. The molecular formula is C14H14Cl2NO4-. The van der Waals surface area contributed by atoms with Crippen LogP contribution in [0.25, 0.3) is 0 Å². The number of rotatable bonds is 5. The average molecular weight is 331 g/mol. The molecule has 0 aromatic heterocycles. The largest absolute Gasteiger partial charge is 0.550 e. The van der Waals surface area contributed by atoms with Crippen molar-refractivity contribution in [2.75, 3.05) is 11.9 Å². The first-order valence-corrected chi connectivity index (χ1v) is 7.30. The number of amides is 1. The Kier molecular flexibility index (Phi) is 5.45. The molecule has 1 aliphatic heterocycles. The number of carbonyl (C=O) groups excluding carboxylic acids is 2. The van der Waals surface area contributed by atoms with E-state index in [4.69, 9.17) is 27.9 Å². The van der Waals surface area contributed by atoms with Gasteiger partial charge in [0.25, 0.3) is 0 Å². The van der Waals surface area contributed by atoms with E-state index in [0.29, 0.717) is 28.8 Å². The van der Waals surface area contributed by atoms with Gasteiger partial charge < -0.3 is 20.0 Å². The summed E-state index contributed by atoms with van der Waals surface area (Å²) in [6.45, 7) is 0.527. The molecule has 1 aliphatic rings. The Morgan fingerprint density at radius 1 is 1.43 bits per heavy atom. The van der Waals surface area contributed by atoms with Crippen LogP contribution in [0.15, 0.2) is 18.2 Å². The second-order valence-corrected chi connectivity index (χ2v) is 5.69. The SMILES string of the molecule is O=C([O-])C[C@H](C(=O)Nc1cc(Cl)ccc1Cl)[C@H]1CCCO1. The van der Waals surface area contributed by atoms with Crippen molar-refractivity contribution < 1.29 is 19.4 Å². The lowest BCUT2D eigenvalue weighted by Crippen LogP contribution is -2.38. The van der Waals surface area contributed by atoms with E-state index in [-0.39, 0.29) is 0 Å². The summed E-state index contributed by atoms with van der Waals surface area (Å²) in [5.74, 6) is -2.56. The Bertz CT molecular complexity index is 544. The van der Waals surface area contributed by atoms with Gasteiger partial charge >= 0.3 is 0 Å². The van der Waals surface area contributed by atoms with E-state index in [1.165, 1.54) is 6.07 Å². The molecule has 1 aromatic carbocycles. The van der Waals surface area contributed by atoms with Gasteiger partial charge in [0.1, 0.15) is 0 Å². The van der Waals surface area contributed by atoms with Crippen molar-refractivity contribution in [3.8, 4) is 0 Å². The van der Waals surface area contributed by atoms with Gasteiger partial charge in [0.05, 0.1) is 22.7 Å². The molecule has 5 nitrogen and oxygen atoms in total. The zero-order valence-electron chi connectivity index (χ0n) is 11.1. The second kappa shape index (κ2) is 7.11. The number of carboxylic acid groups (broad SMARTS) is 1. The summed E-state index contributed by atoms with van der Waals surface area (Å²) < 4.78 is 5.42. The number of anilines is 1. The van der Waals surface area contributed by atoms with Crippen LogP contribution in [-0.4, -0.2) is 24.6 Å².